The first-order valence-electron chi connectivity index (χ1n) is 7.80. The van der Waals surface area contributed by atoms with Crippen LogP contribution in [0.3, 0.4) is 0 Å². The zero-order valence-corrected chi connectivity index (χ0v) is 15.7. The highest BCUT2D eigenvalue weighted by atomic mass is 32.2. The van der Waals surface area contributed by atoms with Gasteiger partial charge in [0, 0.05) is 0 Å². The fourth-order valence-corrected chi connectivity index (χ4v) is 4.34. The van der Waals surface area contributed by atoms with Gasteiger partial charge in [-0.3, -0.25) is 0 Å². The highest BCUT2D eigenvalue weighted by Crippen LogP contribution is 2.44. The number of para-hydroxylation sites is 2. The molecule has 0 aliphatic rings. The zero-order valence-electron chi connectivity index (χ0n) is 14.0. The molecule has 26 heavy (non-hydrogen) atoms. The van der Waals surface area contributed by atoms with Crippen LogP contribution in [0.25, 0.3) is 0 Å². The predicted molar refractivity (Wildman–Crippen MR) is 101 cm³/mol. The Bertz CT molecular complexity index is 887. The molecule has 3 rings (SSSR count). The minimum Gasteiger partial charge on any atom is -0.417 e. The van der Waals surface area contributed by atoms with Crippen molar-refractivity contribution >= 4 is 18.7 Å². The van der Waals surface area contributed by atoms with E-state index in [1.807, 2.05) is 19.1 Å². The molecule has 0 aliphatic heterocycles. The molecular weight excluding hydrogens is 371 g/mol. The van der Waals surface area contributed by atoms with Crippen LogP contribution in [-0.2, 0) is 14.1 Å². The summed E-state index contributed by atoms with van der Waals surface area (Å²) in [6.07, 6.45) is 0. The van der Waals surface area contributed by atoms with Gasteiger partial charge in [0.2, 0.25) is 0 Å². The van der Waals surface area contributed by atoms with Gasteiger partial charge >= 0.3 is 18.7 Å². The minimum atomic E-state index is -4.04. The third kappa shape index (κ3) is 5.05. The lowest BCUT2D eigenvalue weighted by Crippen LogP contribution is -2.08. The van der Waals surface area contributed by atoms with Crippen LogP contribution in [0.1, 0.15) is 5.56 Å². The quantitative estimate of drug-likeness (QED) is 0.528. The van der Waals surface area contributed by atoms with Crippen molar-refractivity contribution in [2.45, 2.75) is 11.8 Å². The summed E-state index contributed by atoms with van der Waals surface area (Å²) in [4.78, 5) is 0.0453. The highest BCUT2D eigenvalue weighted by Gasteiger charge is 2.28. The molecule has 0 amide bonds. The van der Waals surface area contributed by atoms with E-state index in [0.29, 0.717) is 11.5 Å². The molecule has 0 saturated carbocycles. The van der Waals surface area contributed by atoms with Crippen LogP contribution in [-0.4, -0.2) is 8.42 Å². The molecule has 0 aliphatic carbocycles. The molecule has 0 heterocycles. The summed E-state index contributed by atoms with van der Waals surface area (Å²) in [5.74, 6) is 0.905. The third-order valence-electron chi connectivity index (χ3n) is 3.31. The first kappa shape index (κ1) is 18.4. The van der Waals surface area contributed by atoms with Crippen molar-refractivity contribution in [3.63, 3.8) is 0 Å². The van der Waals surface area contributed by atoms with Gasteiger partial charge in [0.1, 0.15) is 11.5 Å². The van der Waals surface area contributed by atoms with Crippen molar-refractivity contribution in [1.82, 2.24) is 0 Å². The average molecular weight is 388 g/mol. The fraction of sp³-hybridized carbons (Fsp3) is 0.0526. The molecule has 0 atom stereocenters. The van der Waals surface area contributed by atoms with Crippen LogP contribution < -0.4 is 9.05 Å². The topological polar surface area (TPSA) is 61.8 Å². The molecule has 0 bridgehead atoms. The van der Waals surface area contributed by atoms with Crippen molar-refractivity contribution in [2.75, 3.05) is 0 Å². The third-order valence-corrected chi connectivity index (χ3v) is 6.16. The van der Waals surface area contributed by atoms with Crippen LogP contribution in [0.2, 0.25) is 0 Å². The van der Waals surface area contributed by atoms with Crippen molar-refractivity contribution in [3.8, 4) is 11.5 Å². The molecule has 3 aromatic carbocycles. The van der Waals surface area contributed by atoms with Gasteiger partial charge < -0.3 is 9.05 Å². The van der Waals surface area contributed by atoms with Crippen LogP contribution in [0.5, 0.6) is 11.5 Å². The number of hydrogen-bond acceptors (Lipinski definition) is 5. The first-order chi connectivity index (χ1) is 12.5. The first-order valence-corrected chi connectivity index (χ1v) is 10.3. The molecule has 0 saturated heterocycles. The second-order valence-corrected chi connectivity index (χ2v) is 8.16. The van der Waals surface area contributed by atoms with Gasteiger partial charge in [-0.05, 0) is 43.3 Å². The van der Waals surface area contributed by atoms with Gasteiger partial charge in [-0.2, -0.15) is 12.4 Å². The Morgan fingerprint density at radius 3 is 1.62 bits per heavy atom. The van der Waals surface area contributed by atoms with Crippen LogP contribution in [0, 0.1) is 6.92 Å². The molecule has 7 heteroatoms. The summed E-state index contributed by atoms with van der Waals surface area (Å²) in [5.41, 5.74) is 0.951. The van der Waals surface area contributed by atoms with Gasteiger partial charge in [-0.25, -0.2) is 0 Å². The summed E-state index contributed by atoms with van der Waals surface area (Å²) in [7, 11) is -6.26. The van der Waals surface area contributed by atoms with Gasteiger partial charge in [0.15, 0.2) is 0 Å². The molecule has 0 fully saturated rings. The van der Waals surface area contributed by atoms with Crippen molar-refractivity contribution in [3.05, 3.63) is 90.5 Å². The van der Waals surface area contributed by atoms with E-state index in [2.05, 4.69) is 0 Å². The maximum atomic E-state index is 12.6. The predicted octanol–water partition coefficient (Wildman–Crippen LogP) is 5.09. The lowest BCUT2D eigenvalue weighted by molar-refractivity contribution is 0.384. The molecule has 0 aromatic heterocycles. The second-order valence-electron chi connectivity index (χ2n) is 5.37. The molecule has 134 valence electrons. The maximum absolute atomic E-state index is 12.6. The second kappa shape index (κ2) is 8.32. The van der Waals surface area contributed by atoms with Crippen LogP contribution >= 0.6 is 8.60 Å². The van der Waals surface area contributed by atoms with E-state index in [-0.39, 0.29) is 4.90 Å². The maximum Gasteiger partial charge on any atom is 0.479 e. The highest BCUT2D eigenvalue weighted by molar-refractivity contribution is 7.90. The molecular formula is C19H17O5PS. The Hall–Kier alpha value is -2.40. The van der Waals surface area contributed by atoms with Crippen LogP contribution in [0.15, 0.2) is 89.8 Å². The van der Waals surface area contributed by atoms with Crippen molar-refractivity contribution < 1.29 is 21.4 Å². The number of hydrogen-bond donors (Lipinski definition) is 0. The van der Waals surface area contributed by atoms with E-state index in [4.69, 9.17) is 13.0 Å². The molecule has 0 radical (unpaired) electrons. The molecule has 3 aromatic rings. The zero-order chi connectivity index (χ0) is 18.4. The normalized spacial score (nSPS) is 11.3. The summed E-state index contributed by atoms with van der Waals surface area (Å²) in [5, 5.41) is 0. The molecule has 0 N–H and O–H groups in total. The summed E-state index contributed by atoms with van der Waals surface area (Å²) >= 11 is 0. The smallest absolute Gasteiger partial charge is 0.417 e. The average Bonchev–Trinajstić information content (AvgIpc) is 2.63. The Morgan fingerprint density at radius 1 is 0.692 bits per heavy atom. The number of aryl methyl sites for hydroxylation is 1. The Balaban J connectivity index is 1.83. The van der Waals surface area contributed by atoms with Gasteiger partial charge in [-0.1, -0.05) is 54.1 Å². The van der Waals surface area contributed by atoms with Crippen LogP contribution in [0.4, 0.5) is 0 Å². The molecule has 5 nitrogen and oxygen atoms in total. The minimum absolute atomic E-state index is 0.0453. The van der Waals surface area contributed by atoms with Gasteiger partial charge in [-0.15, -0.1) is 0 Å². The standard InChI is InChI=1S/C19H17O5PS/c1-16-12-14-19(15-13-16)26(20,21)24-25(22-17-8-4-2-5-9-17)23-18-10-6-3-7-11-18/h2-15H,1H3. The van der Waals surface area contributed by atoms with E-state index in [0.717, 1.165) is 5.56 Å². The molecule has 0 unspecified atom stereocenters. The lowest BCUT2D eigenvalue weighted by atomic mass is 10.2. The summed E-state index contributed by atoms with van der Waals surface area (Å²) in [6.45, 7) is 1.88. The fourth-order valence-electron chi connectivity index (χ4n) is 2.01. The lowest BCUT2D eigenvalue weighted by Gasteiger charge is -2.17. The summed E-state index contributed by atoms with van der Waals surface area (Å²) < 4.78 is 41.7. The molecule has 0 spiro atoms. The van der Waals surface area contributed by atoms with E-state index >= 15 is 0 Å². The number of benzene rings is 3. The Morgan fingerprint density at radius 2 is 1.15 bits per heavy atom. The van der Waals surface area contributed by atoms with E-state index in [1.165, 1.54) is 12.1 Å². The Kier molecular flexibility index (Phi) is 5.89. The van der Waals surface area contributed by atoms with E-state index in [1.54, 1.807) is 60.7 Å². The van der Waals surface area contributed by atoms with Crippen molar-refractivity contribution in [1.29, 1.82) is 0 Å². The van der Waals surface area contributed by atoms with Crippen molar-refractivity contribution in [2.24, 2.45) is 0 Å². The summed E-state index contributed by atoms with van der Waals surface area (Å²) in [6, 6.07) is 24.0. The SMILES string of the molecule is Cc1ccc(S(=O)(=O)OP(Oc2ccccc2)Oc2ccccc2)cc1. The van der Waals surface area contributed by atoms with Gasteiger partial charge in [0.05, 0.1) is 4.90 Å². The number of rotatable bonds is 7. The van der Waals surface area contributed by atoms with Gasteiger partial charge in [0.25, 0.3) is 0 Å². The van der Waals surface area contributed by atoms with E-state index in [9.17, 15) is 8.42 Å². The largest absolute Gasteiger partial charge is 0.479 e. The monoisotopic (exact) mass is 388 g/mol. The Labute approximate surface area is 154 Å². The van der Waals surface area contributed by atoms with E-state index < -0.39 is 18.7 Å².